The zero-order chi connectivity index (χ0) is 9.97. The second kappa shape index (κ2) is 3.86. The number of hydrogen-bond donors (Lipinski definition) is 1. The maximum absolute atomic E-state index is 7.23. The Morgan fingerprint density at radius 3 is 3.14 bits per heavy atom. The highest BCUT2D eigenvalue weighted by atomic mass is 15.2. The van der Waals surface area contributed by atoms with Crippen molar-refractivity contribution in [3.8, 4) is 0 Å². The molecule has 0 amide bonds. The van der Waals surface area contributed by atoms with Gasteiger partial charge in [-0.05, 0) is 12.0 Å². The van der Waals surface area contributed by atoms with E-state index >= 15 is 0 Å². The number of rotatable bonds is 2. The third-order valence-electron chi connectivity index (χ3n) is 2.79. The molecule has 2 unspecified atom stereocenters. The fourth-order valence-corrected chi connectivity index (χ4v) is 2.14. The van der Waals surface area contributed by atoms with Crippen LogP contribution in [-0.4, -0.2) is 18.5 Å². The van der Waals surface area contributed by atoms with E-state index in [1.54, 1.807) is 0 Å². The van der Waals surface area contributed by atoms with Gasteiger partial charge in [-0.3, -0.25) is 0 Å². The summed E-state index contributed by atoms with van der Waals surface area (Å²) >= 11 is 0. The molecule has 2 rings (SSSR count). The summed E-state index contributed by atoms with van der Waals surface area (Å²) in [6.07, 6.45) is 7.99. The first kappa shape index (κ1) is 9.30. The SMILES string of the molecule is C=NN=C1CC(N[NH])C2=CC=CCC21. The predicted molar refractivity (Wildman–Crippen MR) is 57.0 cm³/mol. The predicted octanol–water partition coefficient (Wildman–Crippen LogP) is 1.11. The monoisotopic (exact) mass is 189 g/mol. The second-order valence-electron chi connectivity index (χ2n) is 3.52. The number of nitrogens with zero attached hydrogens (tertiary/aromatic N) is 2. The quantitative estimate of drug-likeness (QED) is 0.513. The summed E-state index contributed by atoms with van der Waals surface area (Å²) in [5, 5.41) is 7.61. The Bertz CT molecular complexity index is 327. The highest BCUT2D eigenvalue weighted by molar-refractivity contribution is 5.94. The summed E-state index contributed by atoms with van der Waals surface area (Å²) < 4.78 is 0. The van der Waals surface area contributed by atoms with Crippen LogP contribution in [0.5, 0.6) is 0 Å². The molecule has 2 aliphatic carbocycles. The Labute approximate surface area is 83.3 Å². The molecule has 73 valence electrons. The first-order valence-corrected chi connectivity index (χ1v) is 4.68. The van der Waals surface area contributed by atoms with Crippen LogP contribution >= 0.6 is 0 Å². The van der Waals surface area contributed by atoms with Gasteiger partial charge in [0.1, 0.15) is 0 Å². The molecule has 2 atom stereocenters. The second-order valence-corrected chi connectivity index (χ2v) is 3.52. The lowest BCUT2D eigenvalue weighted by Crippen LogP contribution is -2.26. The van der Waals surface area contributed by atoms with Crippen molar-refractivity contribution in [1.82, 2.24) is 11.3 Å². The smallest absolute Gasteiger partial charge is 0.0500 e. The van der Waals surface area contributed by atoms with Gasteiger partial charge in [-0.1, -0.05) is 18.2 Å². The summed E-state index contributed by atoms with van der Waals surface area (Å²) in [6, 6.07) is 0.102. The molecule has 0 bridgehead atoms. The Morgan fingerprint density at radius 1 is 1.57 bits per heavy atom. The number of allylic oxidation sites excluding steroid dienone is 3. The lowest BCUT2D eigenvalue weighted by atomic mass is 9.92. The van der Waals surface area contributed by atoms with E-state index in [1.807, 2.05) is 6.08 Å². The highest BCUT2D eigenvalue weighted by Crippen LogP contribution is 2.34. The van der Waals surface area contributed by atoms with Gasteiger partial charge in [0.25, 0.3) is 0 Å². The van der Waals surface area contributed by atoms with Gasteiger partial charge in [0.2, 0.25) is 0 Å². The van der Waals surface area contributed by atoms with Gasteiger partial charge in [-0.2, -0.15) is 16.0 Å². The molecule has 0 aromatic carbocycles. The van der Waals surface area contributed by atoms with Crippen molar-refractivity contribution in [1.29, 1.82) is 0 Å². The van der Waals surface area contributed by atoms with Crippen molar-refractivity contribution in [2.24, 2.45) is 16.1 Å². The van der Waals surface area contributed by atoms with Crippen LogP contribution in [0.2, 0.25) is 0 Å². The maximum Gasteiger partial charge on any atom is 0.0500 e. The molecule has 4 heteroatoms. The van der Waals surface area contributed by atoms with Crippen LogP contribution < -0.4 is 11.3 Å². The average molecular weight is 189 g/mol. The van der Waals surface area contributed by atoms with Crippen molar-refractivity contribution in [2.45, 2.75) is 18.9 Å². The van der Waals surface area contributed by atoms with Gasteiger partial charge >= 0.3 is 0 Å². The van der Waals surface area contributed by atoms with Crippen molar-refractivity contribution >= 4 is 12.4 Å². The molecule has 0 aliphatic heterocycles. The Hall–Kier alpha value is -1.26. The van der Waals surface area contributed by atoms with Crippen LogP contribution in [0.15, 0.2) is 34.0 Å². The van der Waals surface area contributed by atoms with E-state index in [9.17, 15) is 0 Å². The fourth-order valence-electron chi connectivity index (χ4n) is 2.14. The van der Waals surface area contributed by atoms with Crippen molar-refractivity contribution < 1.29 is 0 Å². The number of hydrogen-bond acceptors (Lipinski definition) is 3. The number of nitrogens with one attached hydrogen (secondary N) is 2. The average Bonchev–Trinajstić information content (AvgIpc) is 2.58. The van der Waals surface area contributed by atoms with Crippen LogP contribution in [0, 0.1) is 5.92 Å². The molecule has 14 heavy (non-hydrogen) atoms. The molecule has 1 fully saturated rings. The molecule has 0 aromatic heterocycles. The molecule has 0 spiro atoms. The zero-order valence-electron chi connectivity index (χ0n) is 7.90. The van der Waals surface area contributed by atoms with E-state index in [4.69, 9.17) is 5.84 Å². The van der Waals surface area contributed by atoms with Crippen molar-refractivity contribution in [2.75, 3.05) is 0 Å². The van der Waals surface area contributed by atoms with E-state index in [0.29, 0.717) is 5.92 Å². The van der Waals surface area contributed by atoms with E-state index in [1.165, 1.54) is 5.57 Å². The lowest BCUT2D eigenvalue weighted by molar-refractivity contribution is 0.594. The molecular weight excluding hydrogens is 176 g/mol. The van der Waals surface area contributed by atoms with Crippen LogP contribution in [0.3, 0.4) is 0 Å². The topological polar surface area (TPSA) is 60.5 Å². The molecule has 1 radical (unpaired) electrons. The highest BCUT2D eigenvalue weighted by Gasteiger charge is 2.35. The van der Waals surface area contributed by atoms with E-state index in [2.05, 4.69) is 34.5 Å². The molecule has 1 saturated carbocycles. The Balaban J connectivity index is 2.30. The van der Waals surface area contributed by atoms with Crippen molar-refractivity contribution in [3.63, 3.8) is 0 Å². The van der Waals surface area contributed by atoms with Gasteiger partial charge in [-0.15, -0.1) is 0 Å². The number of fused-ring (bicyclic) bond motifs is 1. The van der Waals surface area contributed by atoms with Crippen LogP contribution in [-0.2, 0) is 0 Å². The van der Waals surface area contributed by atoms with Gasteiger partial charge in [-0.25, -0.2) is 5.43 Å². The van der Waals surface area contributed by atoms with Crippen LogP contribution in [0.4, 0.5) is 0 Å². The molecule has 0 saturated heterocycles. The molecule has 0 heterocycles. The standard InChI is InChI=1S/C10H13N4/c1-12-14-10-6-9(13-11)7-4-2-3-5-8(7)10/h2-4,8-9,11,13H,1,5-6H2. The minimum atomic E-state index is 0.102. The summed E-state index contributed by atoms with van der Waals surface area (Å²) in [7, 11) is 0. The molecular formula is C10H13N4. The van der Waals surface area contributed by atoms with Crippen LogP contribution in [0.1, 0.15) is 12.8 Å². The fraction of sp³-hybridized carbons (Fsp3) is 0.400. The largest absolute Gasteiger partial charge is 0.235 e. The van der Waals surface area contributed by atoms with Gasteiger partial charge in [0.15, 0.2) is 0 Å². The van der Waals surface area contributed by atoms with Crippen molar-refractivity contribution in [3.05, 3.63) is 23.8 Å². The summed E-state index contributed by atoms with van der Waals surface area (Å²) in [5.41, 5.74) is 4.85. The minimum Gasteiger partial charge on any atom is -0.235 e. The minimum absolute atomic E-state index is 0.102. The summed E-state index contributed by atoms with van der Waals surface area (Å²) in [4.78, 5) is 0. The van der Waals surface area contributed by atoms with E-state index < -0.39 is 0 Å². The summed E-state index contributed by atoms with van der Waals surface area (Å²) in [5.74, 6) is 7.57. The Morgan fingerprint density at radius 2 is 2.43 bits per heavy atom. The Kier molecular flexibility index (Phi) is 2.56. The molecule has 2 N–H and O–H groups in total. The summed E-state index contributed by atoms with van der Waals surface area (Å²) in [6.45, 7) is 3.37. The third kappa shape index (κ3) is 1.42. The maximum atomic E-state index is 7.23. The first-order valence-electron chi connectivity index (χ1n) is 4.68. The van der Waals surface area contributed by atoms with E-state index in [0.717, 1.165) is 18.6 Å². The van der Waals surface area contributed by atoms with Gasteiger partial charge < -0.3 is 0 Å². The van der Waals surface area contributed by atoms with Crippen LogP contribution in [0.25, 0.3) is 0 Å². The lowest BCUT2D eigenvalue weighted by Gasteiger charge is -2.15. The van der Waals surface area contributed by atoms with E-state index in [-0.39, 0.29) is 6.04 Å². The normalized spacial score (nSPS) is 32.9. The third-order valence-corrected chi connectivity index (χ3v) is 2.79. The molecule has 4 nitrogen and oxygen atoms in total. The van der Waals surface area contributed by atoms with Gasteiger partial charge in [0.05, 0.1) is 0 Å². The molecule has 0 aromatic rings. The molecule has 2 aliphatic rings. The first-order chi connectivity index (χ1) is 6.86. The van der Waals surface area contributed by atoms with Gasteiger partial charge in [0, 0.05) is 30.8 Å². The zero-order valence-corrected chi connectivity index (χ0v) is 7.90.